The number of unbranched alkanes of at least 4 members (excludes halogenated alkanes) is 1. The smallest absolute Gasteiger partial charge is 0.298 e. The Morgan fingerprint density at radius 3 is 2.56 bits per heavy atom. The Morgan fingerprint density at radius 2 is 1.82 bits per heavy atom. The van der Waals surface area contributed by atoms with E-state index in [4.69, 9.17) is 9.40 Å². The minimum Gasteiger partial charge on any atom is -0.423 e. The first kappa shape index (κ1) is 21.8. The van der Waals surface area contributed by atoms with E-state index in [1.54, 1.807) is 0 Å². The fourth-order valence-electron chi connectivity index (χ4n) is 4.26. The highest BCUT2D eigenvalue weighted by Gasteiger charge is 2.21. The number of benzene rings is 3. The first-order valence-electron chi connectivity index (χ1n) is 11.7. The van der Waals surface area contributed by atoms with Crippen molar-refractivity contribution in [1.82, 2.24) is 25.6 Å². The molecular weight excluding hydrogens is 424 g/mol. The van der Waals surface area contributed by atoms with Gasteiger partial charge in [-0.15, -0.1) is 10.2 Å². The van der Waals surface area contributed by atoms with E-state index >= 15 is 0 Å². The SMILES string of the molecule is CCCCN(c1nc2ccccc2o1)[C@H](C)c1ccc(-c2ccc(C)cc2-c2nn[nH]n2)cc1. The lowest BCUT2D eigenvalue weighted by Crippen LogP contribution is -2.28. The molecule has 5 rings (SSSR count). The van der Waals surface area contributed by atoms with Gasteiger partial charge in [-0.1, -0.05) is 67.4 Å². The monoisotopic (exact) mass is 452 g/mol. The molecule has 1 atom stereocenters. The minimum absolute atomic E-state index is 0.114. The molecule has 7 heteroatoms. The van der Waals surface area contributed by atoms with E-state index in [0.29, 0.717) is 11.8 Å². The van der Waals surface area contributed by atoms with Gasteiger partial charge in [-0.2, -0.15) is 10.2 Å². The number of fused-ring (bicyclic) bond motifs is 1. The Hall–Kier alpha value is -4.00. The molecule has 0 radical (unpaired) electrons. The maximum Gasteiger partial charge on any atom is 0.298 e. The van der Waals surface area contributed by atoms with Crippen molar-refractivity contribution >= 4 is 17.1 Å². The summed E-state index contributed by atoms with van der Waals surface area (Å²) in [6.07, 6.45) is 2.17. The van der Waals surface area contributed by atoms with Crippen LogP contribution in [0, 0.1) is 6.92 Å². The maximum atomic E-state index is 6.12. The second-order valence-corrected chi connectivity index (χ2v) is 8.59. The zero-order valence-electron chi connectivity index (χ0n) is 19.7. The third-order valence-corrected chi connectivity index (χ3v) is 6.21. The highest BCUT2D eigenvalue weighted by Crippen LogP contribution is 2.34. The molecule has 0 spiro atoms. The van der Waals surface area contributed by atoms with Crippen LogP contribution in [0.4, 0.5) is 6.01 Å². The summed E-state index contributed by atoms with van der Waals surface area (Å²) in [5.74, 6) is 0.595. The predicted octanol–water partition coefficient (Wildman–Crippen LogP) is 6.35. The third-order valence-electron chi connectivity index (χ3n) is 6.21. The van der Waals surface area contributed by atoms with Gasteiger partial charge < -0.3 is 9.32 Å². The number of H-pyrrole nitrogens is 1. The summed E-state index contributed by atoms with van der Waals surface area (Å²) in [6.45, 7) is 7.35. The molecule has 2 aromatic heterocycles. The van der Waals surface area contributed by atoms with Crippen molar-refractivity contribution in [2.45, 2.75) is 39.7 Å². The average molecular weight is 453 g/mol. The number of para-hydroxylation sites is 2. The lowest BCUT2D eigenvalue weighted by Gasteiger charge is -2.28. The van der Waals surface area contributed by atoms with Gasteiger partial charge in [-0.3, -0.25) is 0 Å². The van der Waals surface area contributed by atoms with Crippen LogP contribution >= 0.6 is 0 Å². The van der Waals surface area contributed by atoms with Crippen molar-refractivity contribution in [3.05, 3.63) is 77.9 Å². The summed E-state index contributed by atoms with van der Waals surface area (Å²) in [6, 6.07) is 23.7. The van der Waals surface area contributed by atoms with Crippen LogP contribution in [0.1, 0.15) is 43.9 Å². The Morgan fingerprint density at radius 1 is 1.00 bits per heavy atom. The second-order valence-electron chi connectivity index (χ2n) is 8.59. The molecule has 0 saturated heterocycles. The Kier molecular flexibility index (Phi) is 6.08. The number of aromatic nitrogens is 5. The third kappa shape index (κ3) is 4.29. The zero-order chi connectivity index (χ0) is 23.5. The van der Waals surface area contributed by atoms with E-state index in [1.165, 1.54) is 5.56 Å². The summed E-state index contributed by atoms with van der Waals surface area (Å²) in [5, 5.41) is 14.7. The highest BCUT2D eigenvalue weighted by atomic mass is 16.4. The summed E-state index contributed by atoms with van der Waals surface area (Å²) >= 11 is 0. The van der Waals surface area contributed by atoms with Gasteiger partial charge in [-0.05, 0) is 60.4 Å². The fraction of sp³-hybridized carbons (Fsp3) is 0.259. The molecule has 0 aliphatic heterocycles. The molecule has 5 aromatic rings. The van der Waals surface area contributed by atoms with Gasteiger partial charge in [0.2, 0.25) is 5.82 Å². The van der Waals surface area contributed by atoms with Gasteiger partial charge in [0.15, 0.2) is 5.58 Å². The van der Waals surface area contributed by atoms with Crippen molar-refractivity contribution in [3.8, 4) is 22.5 Å². The molecule has 0 aliphatic carbocycles. The van der Waals surface area contributed by atoms with Crippen LogP contribution in [-0.2, 0) is 0 Å². The molecular formula is C27H28N6O. The largest absolute Gasteiger partial charge is 0.423 e. The van der Waals surface area contributed by atoms with Gasteiger partial charge in [0.05, 0.1) is 6.04 Å². The van der Waals surface area contributed by atoms with Gasteiger partial charge in [-0.25, -0.2) is 0 Å². The fourth-order valence-corrected chi connectivity index (χ4v) is 4.26. The molecule has 2 heterocycles. The van der Waals surface area contributed by atoms with Crippen molar-refractivity contribution in [1.29, 1.82) is 0 Å². The number of anilines is 1. The predicted molar refractivity (Wildman–Crippen MR) is 134 cm³/mol. The van der Waals surface area contributed by atoms with Crippen LogP contribution in [-0.4, -0.2) is 32.2 Å². The molecule has 0 aliphatic rings. The van der Waals surface area contributed by atoms with E-state index in [9.17, 15) is 0 Å². The zero-order valence-corrected chi connectivity index (χ0v) is 19.7. The Balaban J connectivity index is 1.46. The molecule has 34 heavy (non-hydrogen) atoms. The Labute approximate surface area is 198 Å². The average Bonchev–Trinajstić information content (AvgIpc) is 3.54. The number of tetrazole rings is 1. The molecule has 0 fully saturated rings. The van der Waals surface area contributed by atoms with Crippen LogP contribution in [0.25, 0.3) is 33.6 Å². The number of hydrogen-bond acceptors (Lipinski definition) is 6. The second kappa shape index (κ2) is 9.47. The van der Waals surface area contributed by atoms with Gasteiger partial charge in [0, 0.05) is 12.1 Å². The van der Waals surface area contributed by atoms with Crippen molar-refractivity contribution in [3.63, 3.8) is 0 Å². The number of nitrogens with one attached hydrogen (secondary N) is 1. The van der Waals surface area contributed by atoms with Crippen molar-refractivity contribution in [2.24, 2.45) is 0 Å². The highest BCUT2D eigenvalue weighted by molar-refractivity contribution is 5.81. The lowest BCUT2D eigenvalue weighted by atomic mass is 9.95. The standard InChI is InChI=1S/C27H28N6O/c1-4-5-16-33(27-28-24-8-6-7-9-25(24)34-27)19(3)20-11-13-21(14-12-20)22-15-10-18(2)17-23(22)26-29-31-32-30-26/h6-15,17,19H,4-5,16H2,1-3H3,(H,29,30,31,32)/t19-/m1/s1. The van der Waals surface area contributed by atoms with Crippen LogP contribution in [0.5, 0.6) is 0 Å². The first-order chi connectivity index (χ1) is 16.6. The maximum absolute atomic E-state index is 6.12. The number of nitrogens with zero attached hydrogens (tertiary/aromatic N) is 5. The quantitative estimate of drug-likeness (QED) is 0.295. The Bertz CT molecular complexity index is 1340. The summed E-state index contributed by atoms with van der Waals surface area (Å²) in [5.41, 5.74) is 7.20. The van der Waals surface area contributed by atoms with Crippen molar-refractivity contribution < 1.29 is 4.42 Å². The number of oxazole rings is 1. The van der Waals surface area contributed by atoms with Crippen LogP contribution in [0.3, 0.4) is 0 Å². The molecule has 172 valence electrons. The van der Waals surface area contributed by atoms with E-state index in [2.05, 4.69) is 88.8 Å². The van der Waals surface area contributed by atoms with Gasteiger partial charge in [0.1, 0.15) is 5.52 Å². The topological polar surface area (TPSA) is 83.7 Å². The van der Waals surface area contributed by atoms with E-state index in [-0.39, 0.29) is 6.04 Å². The molecule has 3 aromatic carbocycles. The van der Waals surface area contributed by atoms with E-state index in [1.807, 2.05) is 24.3 Å². The molecule has 0 unspecified atom stereocenters. The molecule has 0 bridgehead atoms. The van der Waals surface area contributed by atoms with E-state index in [0.717, 1.165) is 52.7 Å². The van der Waals surface area contributed by atoms with Crippen molar-refractivity contribution in [2.75, 3.05) is 11.4 Å². The van der Waals surface area contributed by atoms with Gasteiger partial charge >= 0.3 is 0 Å². The first-order valence-corrected chi connectivity index (χ1v) is 11.7. The van der Waals surface area contributed by atoms with Gasteiger partial charge in [0.25, 0.3) is 6.01 Å². The van der Waals surface area contributed by atoms with Crippen LogP contribution < -0.4 is 4.90 Å². The van der Waals surface area contributed by atoms with Crippen LogP contribution in [0.2, 0.25) is 0 Å². The number of hydrogen-bond donors (Lipinski definition) is 1. The molecule has 0 amide bonds. The number of rotatable bonds is 8. The molecule has 0 saturated carbocycles. The summed E-state index contributed by atoms with van der Waals surface area (Å²) in [7, 11) is 0. The lowest BCUT2D eigenvalue weighted by molar-refractivity contribution is 0.524. The number of aryl methyl sites for hydroxylation is 1. The normalized spacial score (nSPS) is 12.2. The molecule has 7 nitrogen and oxygen atoms in total. The van der Waals surface area contributed by atoms with E-state index < -0.39 is 0 Å². The minimum atomic E-state index is 0.114. The molecule has 1 N–H and O–H groups in total. The number of aromatic amines is 1. The summed E-state index contributed by atoms with van der Waals surface area (Å²) < 4.78 is 6.12. The van der Waals surface area contributed by atoms with Crippen LogP contribution in [0.15, 0.2) is 71.1 Å². The summed E-state index contributed by atoms with van der Waals surface area (Å²) in [4.78, 5) is 7.02.